The predicted molar refractivity (Wildman–Crippen MR) is 107 cm³/mol. The van der Waals surface area contributed by atoms with Gasteiger partial charge in [-0.25, -0.2) is 4.98 Å². The van der Waals surface area contributed by atoms with Crippen molar-refractivity contribution in [3.8, 4) is 0 Å². The highest BCUT2D eigenvalue weighted by molar-refractivity contribution is 6.30. The Hall–Kier alpha value is -2.59. The molecule has 132 valence electrons. The molecule has 1 unspecified atom stereocenters. The van der Waals surface area contributed by atoms with E-state index in [9.17, 15) is 0 Å². The van der Waals surface area contributed by atoms with E-state index >= 15 is 0 Å². The number of fused-ring (bicyclic) bond motifs is 1. The number of hydrogen-bond donors (Lipinski definition) is 1. The lowest BCUT2D eigenvalue weighted by Gasteiger charge is -2.24. The van der Waals surface area contributed by atoms with Crippen molar-refractivity contribution in [3.05, 3.63) is 76.4 Å². The summed E-state index contributed by atoms with van der Waals surface area (Å²) in [6.45, 7) is 4.90. The second kappa shape index (κ2) is 6.96. The molecule has 0 saturated heterocycles. The first-order chi connectivity index (χ1) is 12.6. The Labute approximate surface area is 158 Å². The number of hydrogen-bond acceptors (Lipinski definition) is 4. The van der Waals surface area contributed by atoms with Gasteiger partial charge in [0, 0.05) is 35.1 Å². The number of aryl methyl sites for hydroxylation is 1. The molecule has 1 aliphatic heterocycles. The van der Waals surface area contributed by atoms with Gasteiger partial charge in [-0.15, -0.1) is 0 Å². The van der Waals surface area contributed by atoms with E-state index in [0.717, 1.165) is 28.5 Å². The lowest BCUT2D eigenvalue weighted by molar-refractivity contribution is 0.748. The third-order valence-electron chi connectivity index (χ3n) is 4.66. The second-order valence-corrected chi connectivity index (χ2v) is 7.16. The van der Waals surface area contributed by atoms with Gasteiger partial charge in [0.05, 0.1) is 0 Å². The Morgan fingerprint density at radius 2 is 1.88 bits per heavy atom. The molecule has 1 aromatic heterocycles. The lowest BCUT2D eigenvalue weighted by Crippen LogP contribution is -2.25. The van der Waals surface area contributed by atoms with Crippen LogP contribution in [0.25, 0.3) is 0 Å². The summed E-state index contributed by atoms with van der Waals surface area (Å²) in [5.41, 5.74) is 4.69. The standard InChI is InChI=1S/C21H21ClN4/c1-14-11-20(26-15(2)12-17-5-3-4-6-19(17)26)25-21(24-14)23-13-16-7-9-18(22)10-8-16/h3-11,15H,12-13H2,1-2H3,(H,23,24,25). The summed E-state index contributed by atoms with van der Waals surface area (Å²) in [4.78, 5) is 11.6. The molecule has 5 heteroatoms. The Kier molecular flexibility index (Phi) is 4.51. The summed E-state index contributed by atoms with van der Waals surface area (Å²) in [5, 5.41) is 4.07. The SMILES string of the molecule is Cc1cc(N2c3ccccc3CC2C)nc(NCc2ccc(Cl)cc2)n1. The molecule has 0 amide bonds. The average molecular weight is 365 g/mol. The number of rotatable bonds is 4. The monoisotopic (exact) mass is 364 g/mol. The normalized spacial score (nSPS) is 15.8. The Balaban J connectivity index is 1.59. The highest BCUT2D eigenvalue weighted by Gasteiger charge is 2.28. The molecule has 2 aromatic carbocycles. The number of halogens is 1. The van der Waals surface area contributed by atoms with Crippen LogP contribution >= 0.6 is 11.6 Å². The van der Waals surface area contributed by atoms with Gasteiger partial charge < -0.3 is 10.2 Å². The molecule has 1 atom stereocenters. The highest BCUT2D eigenvalue weighted by atomic mass is 35.5. The molecule has 4 nitrogen and oxygen atoms in total. The topological polar surface area (TPSA) is 41.1 Å². The molecule has 0 saturated carbocycles. The zero-order valence-corrected chi connectivity index (χ0v) is 15.7. The smallest absolute Gasteiger partial charge is 0.225 e. The van der Waals surface area contributed by atoms with Gasteiger partial charge >= 0.3 is 0 Å². The van der Waals surface area contributed by atoms with Crippen LogP contribution in [0.3, 0.4) is 0 Å². The third-order valence-corrected chi connectivity index (χ3v) is 4.91. The van der Waals surface area contributed by atoms with E-state index in [1.807, 2.05) is 37.3 Å². The van der Waals surface area contributed by atoms with E-state index in [-0.39, 0.29) is 0 Å². The van der Waals surface area contributed by atoms with E-state index in [1.165, 1.54) is 11.3 Å². The molecule has 1 aliphatic rings. The van der Waals surface area contributed by atoms with Gasteiger partial charge in [-0.05, 0) is 49.6 Å². The summed E-state index contributed by atoms with van der Waals surface area (Å²) >= 11 is 5.95. The molecular weight excluding hydrogens is 344 g/mol. The summed E-state index contributed by atoms with van der Waals surface area (Å²) in [7, 11) is 0. The van der Waals surface area contributed by atoms with Gasteiger partial charge in [-0.3, -0.25) is 0 Å². The highest BCUT2D eigenvalue weighted by Crippen LogP contribution is 2.37. The summed E-state index contributed by atoms with van der Waals surface area (Å²) in [6.07, 6.45) is 1.03. The Morgan fingerprint density at radius 1 is 1.12 bits per heavy atom. The third kappa shape index (κ3) is 3.37. The van der Waals surface area contributed by atoms with Gasteiger partial charge in [-0.1, -0.05) is 41.9 Å². The minimum atomic E-state index is 0.380. The van der Waals surface area contributed by atoms with E-state index in [1.54, 1.807) is 0 Å². The molecule has 0 radical (unpaired) electrons. The lowest BCUT2D eigenvalue weighted by atomic mass is 10.1. The van der Waals surface area contributed by atoms with E-state index in [2.05, 4.69) is 46.4 Å². The summed E-state index contributed by atoms with van der Waals surface area (Å²) in [6, 6.07) is 18.8. The van der Waals surface area contributed by atoms with Gasteiger partial charge in [0.15, 0.2) is 0 Å². The summed E-state index contributed by atoms with van der Waals surface area (Å²) < 4.78 is 0. The van der Waals surface area contributed by atoms with Crippen LogP contribution in [-0.4, -0.2) is 16.0 Å². The first-order valence-corrected chi connectivity index (χ1v) is 9.19. The number of nitrogens with one attached hydrogen (secondary N) is 1. The fraction of sp³-hybridized carbons (Fsp3) is 0.238. The fourth-order valence-corrected chi connectivity index (χ4v) is 3.58. The van der Waals surface area contributed by atoms with Gasteiger partial charge in [0.2, 0.25) is 5.95 Å². The molecular formula is C21H21ClN4. The number of anilines is 3. The Morgan fingerprint density at radius 3 is 2.69 bits per heavy atom. The van der Waals surface area contributed by atoms with Crippen molar-refractivity contribution < 1.29 is 0 Å². The minimum Gasteiger partial charge on any atom is -0.350 e. The maximum Gasteiger partial charge on any atom is 0.225 e. The van der Waals surface area contributed by atoms with Crippen LogP contribution in [0.15, 0.2) is 54.6 Å². The number of para-hydroxylation sites is 1. The predicted octanol–water partition coefficient (Wildman–Crippen LogP) is 5.13. The van der Waals surface area contributed by atoms with E-state index in [4.69, 9.17) is 16.6 Å². The zero-order valence-electron chi connectivity index (χ0n) is 14.9. The first kappa shape index (κ1) is 16.9. The molecule has 26 heavy (non-hydrogen) atoms. The van der Waals surface area contributed by atoms with Gasteiger partial charge in [-0.2, -0.15) is 4.98 Å². The van der Waals surface area contributed by atoms with Crippen molar-refractivity contribution >= 4 is 29.1 Å². The van der Waals surface area contributed by atoms with Crippen LogP contribution in [0, 0.1) is 6.92 Å². The van der Waals surface area contributed by atoms with E-state index in [0.29, 0.717) is 18.5 Å². The molecule has 0 spiro atoms. The van der Waals surface area contributed by atoms with Crippen LogP contribution in [0.2, 0.25) is 5.02 Å². The van der Waals surface area contributed by atoms with Crippen LogP contribution in [0.1, 0.15) is 23.7 Å². The molecule has 3 aromatic rings. The van der Waals surface area contributed by atoms with Crippen LogP contribution in [0.5, 0.6) is 0 Å². The molecule has 0 aliphatic carbocycles. The van der Waals surface area contributed by atoms with Gasteiger partial charge in [0.1, 0.15) is 5.82 Å². The zero-order chi connectivity index (χ0) is 18.1. The average Bonchev–Trinajstić information content (AvgIpc) is 2.96. The van der Waals surface area contributed by atoms with E-state index < -0.39 is 0 Å². The summed E-state index contributed by atoms with van der Waals surface area (Å²) in [5.74, 6) is 1.58. The van der Waals surface area contributed by atoms with Gasteiger partial charge in [0.25, 0.3) is 0 Å². The molecule has 0 bridgehead atoms. The number of nitrogens with zero attached hydrogens (tertiary/aromatic N) is 3. The number of benzene rings is 2. The largest absolute Gasteiger partial charge is 0.350 e. The molecule has 2 heterocycles. The molecule has 0 fully saturated rings. The van der Waals surface area contributed by atoms with Crippen LogP contribution < -0.4 is 10.2 Å². The number of aromatic nitrogens is 2. The van der Waals surface area contributed by atoms with Crippen molar-refractivity contribution in [2.75, 3.05) is 10.2 Å². The van der Waals surface area contributed by atoms with Crippen molar-refractivity contribution in [3.63, 3.8) is 0 Å². The maximum absolute atomic E-state index is 5.95. The second-order valence-electron chi connectivity index (χ2n) is 6.72. The maximum atomic E-state index is 5.95. The minimum absolute atomic E-state index is 0.380. The first-order valence-electron chi connectivity index (χ1n) is 8.81. The van der Waals surface area contributed by atoms with Crippen molar-refractivity contribution in [1.29, 1.82) is 0 Å². The molecule has 1 N–H and O–H groups in total. The fourth-order valence-electron chi connectivity index (χ4n) is 3.45. The van der Waals surface area contributed by atoms with Crippen molar-refractivity contribution in [2.45, 2.75) is 32.9 Å². The van der Waals surface area contributed by atoms with Crippen molar-refractivity contribution in [2.24, 2.45) is 0 Å². The van der Waals surface area contributed by atoms with Crippen LogP contribution in [0.4, 0.5) is 17.5 Å². The quantitative estimate of drug-likeness (QED) is 0.696. The molecule has 4 rings (SSSR count). The Bertz CT molecular complexity index is 924. The van der Waals surface area contributed by atoms with Crippen molar-refractivity contribution in [1.82, 2.24) is 9.97 Å². The van der Waals surface area contributed by atoms with Crippen LogP contribution in [-0.2, 0) is 13.0 Å².